The summed E-state index contributed by atoms with van der Waals surface area (Å²) in [5.74, 6) is 0. The molecule has 0 atom stereocenters. The summed E-state index contributed by atoms with van der Waals surface area (Å²) in [7, 11) is 0. The third kappa shape index (κ3) is 4.02. The molecule has 2 nitrogen and oxygen atoms in total. The van der Waals surface area contributed by atoms with Gasteiger partial charge in [0.05, 0.1) is 5.69 Å². The normalized spacial score (nSPS) is 14.7. The van der Waals surface area contributed by atoms with Gasteiger partial charge in [0.15, 0.2) is 0 Å². The third-order valence-electron chi connectivity index (χ3n) is 4.95. The fourth-order valence-electron chi connectivity index (χ4n) is 3.44. The van der Waals surface area contributed by atoms with Gasteiger partial charge in [0.25, 0.3) is 0 Å². The van der Waals surface area contributed by atoms with Crippen LogP contribution in [0.1, 0.15) is 24.8 Å². The molecule has 1 saturated heterocycles. The van der Waals surface area contributed by atoms with Gasteiger partial charge in [0.1, 0.15) is 0 Å². The van der Waals surface area contributed by atoms with Gasteiger partial charge in [-0.05, 0) is 60.2 Å². The Morgan fingerprint density at radius 3 is 2.00 bits per heavy atom. The Morgan fingerprint density at radius 1 is 0.654 bits per heavy atom. The second kappa shape index (κ2) is 8.01. The molecule has 1 aliphatic rings. The van der Waals surface area contributed by atoms with E-state index < -0.39 is 0 Å². The highest BCUT2D eigenvalue weighted by Crippen LogP contribution is 2.23. The standard InChI is InChI=1S/C24H24N2/c1-3-7-21(8-4-1)22-11-13-23(14-12-22)25-19-20-9-15-24(16-10-20)26-17-5-2-6-18-26/h1,3-4,7-16,19H,2,5-6,17-18H2. The van der Waals surface area contributed by atoms with E-state index in [-0.39, 0.29) is 0 Å². The molecule has 26 heavy (non-hydrogen) atoms. The average molecular weight is 340 g/mol. The van der Waals surface area contributed by atoms with Crippen LogP contribution in [0.25, 0.3) is 11.1 Å². The highest BCUT2D eigenvalue weighted by atomic mass is 15.1. The minimum absolute atomic E-state index is 0.977. The SMILES string of the molecule is C(=Nc1ccc(-c2ccccc2)cc1)c1ccc(N2CCCCC2)cc1. The first-order valence-electron chi connectivity index (χ1n) is 9.43. The second-order valence-electron chi connectivity index (χ2n) is 6.81. The van der Waals surface area contributed by atoms with Gasteiger partial charge in [-0.1, -0.05) is 54.6 Å². The molecule has 3 aromatic carbocycles. The first-order valence-corrected chi connectivity index (χ1v) is 9.43. The van der Waals surface area contributed by atoms with Crippen molar-refractivity contribution in [3.05, 3.63) is 84.4 Å². The van der Waals surface area contributed by atoms with Gasteiger partial charge in [-0.15, -0.1) is 0 Å². The second-order valence-corrected chi connectivity index (χ2v) is 6.81. The van der Waals surface area contributed by atoms with Crippen LogP contribution in [0.5, 0.6) is 0 Å². The summed E-state index contributed by atoms with van der Waals surface area (Å²) in [5.41, 5.74) is 5.89. The molecule has 3 aromatic rings. The first-order chi connectivity index (χ1) is 12.9. The van der Waals surface area contributed by atoms with Crippen molar-refractivity contribution in [3.63, 3.8) is 0 Å². The summed E-state index contributed by atoms with van der Waals surface area (Å²) in [6.07, 6.45) is 5.92. The molecule has 1 heterocycles. The van der Waals surface area contributed by atoms with E-state index in [1.165, 1.54) is 49.2 Å². The van der Waals surface area contributed by atoms with E-state index in [2.05, 4.69) is 82.7 Å². The van der Waals surface area contributed by atoms with Gasteiger partial charge in [-0.3, -0.25) is 4.99 Å². The lowest BCUT2D eigenvalue weighted by Crippen LogP contribution is -2.29. The minimum Gasteiger partial charge on any atom is -0.372 e. The first kappa shape index (κ1) is 16.6. The van der Waals surface area contributed by atoms with Gasteiger partial charge in [-0.2, -0.15) is 0 Å². The van der Waals surface area contributed by atoms with Crippen molar-refractivity contribution in [1.82, 2.24) is 0 Å². The summed E-state index contributed by atoms with van der Waals surface area (Å²) >= 11 is 0. The monoisotopic (exact) mass is 340 g/mol. The van der Waals surface area contributed by atoms with E-state index >= 15 is 0 Å². The number of aliphatic imine (C=N–C) groups is 1. The lowest BCUT2D eigenvalue weighted by atomic mass is 10.1. The van der Waals surface area contributed by atoms with Gasteiger partial charge in [-0.25, -0.2) is 0 Å². The largest absolute Gasteiger partial charge is 0.372 e. The van der Waals surface area contributed by atoms with Crippen LogP contribution >= 0.6 is 0 Å². The Balaban J connectivity index is 1.42. The third-order valence-corrected chi connectivity index (χ3v) is 4.95. The molecular weight excluding hydrogens is 316 g/mol. The average Bonchev–Trinajstić information content (AvgIpc) is 2.74. The zero-order chi connectivity index (χ0) is 17.6. The molecule has 0 bridgehead atoms. The Kier molecular flexibility index (Phi) is 5.11. The number of rotatable bonds is 4. The van der Waals surface area contributed by atoms with E-state index in [0.717, 1.165) is 11.3 Å². The molecule has 130 valence electrons. The molecule has 1 aliphatic heterocycles. The fourth-order valence-corrected chi connectivity index (χ4v) is 3.44. The van der Waals surface area contributed by atoms with Gasteiger partial charge in [0.2, 0.25) is 0 Å². The zero-order valence-electron chi connectivity index (χ0n) is 15.0. The van der Waals surface area contributed by atoms with Gasteiger partial charge >= 0.3 is 0 Å². The van der Waals surface area contributed by atoms with Crippen molar-refractivity contribution in [3.8, 4) is 11.1 Å². The predicted octanol–water partition coefficient (Wildman–Crippen LogP) is 6.09. The smallest absolute Gasteiger partial charge is 0.0630 e. The molecule has 0 saturated carbocycles. The molecule has 4 rings (SSSR count). The molecule has 1 fully saturated rings. The highest BCUT2D eigenvalue weighted by molar-refractivity contribution is 5.82. The fraction of sp³-hybridized carbons (Fsp3) is 0.208. The van der Waals surface area contributed by atoms with E-state index in [1.807, 2.05) is 12.3 Å². The maximum Gasteiger partial charge on any atom is 0.0630 e. The van der Waals surface area contributed by atoms with E-state index in [0.29, 0.717) is 0 Å². The Morgan fingerprint density at radius 2 is 1.31 bits per heavy atom. The number of nitrogens with zero attached hydrogens (tertiary/aromatic N) is 2. The van der Waals surface area contributed by atoms with Crippen molar-refractivity contribution in [1.29, 1.82) is 0 Å². The molecule has 0 spiro atoms. The van der Waals surface area contributed by atoms with Crippen LogP contribution in [0.2, 0.25) is 0 Å². The molecular formula is C24H24N2. The molecule has 2 heteroatoms. The van der Waals surface area contributed by atoms with Crippen LogP contribution < -0.4 is 4.90 Å². The predicted molar refractivity (Wildman–Crippen MR) is 112 cm³/mol. The van der Waals surface area contributed by atoms with Crippen LogP contribution in [-0.2, 0) is 0 Å². The minimum atomic E-state index is 0.977. The number of anilines is 1. The Hall–Kier alpha value is -2.87. The highest BCUT2D eigenvalue weighted by Gasteiger charge is 2.10. The van der Waals surface area contributed by atoms with Crippen molar-refractivity contribution in [2.75, 3.05) is 18.0 Å². The van der Waals surface area contributed by atoms with Crippen molar-refractivity contribution in [2.45, 2.75) is 19.3 Å². The van der Waals surface area contributed by atoms with Crippen LogP contribution in [0.3, 0.4) is 0 Å². The maximum absolute atomic E-state index is 4.61. The van der Waals surface area contributed by atoms with E-state index in [9.17, 15) is 0 Å². The van der Waals surface area contributed by atoms with E-state index in [4.69, 9.17) is 0 Å². The number of hydrogen-bond donors (Lipinski definition) is 0. The number of hydrogen-bond acceptors (Lipinski definition) is 2. The van der Waals surface area contributed by atoms with Crippen LogP contribution in [0.4, 0.5) is 11.4 Å². The number of benzene rings is 3. The van der Waals surface area contributed by atoms with Crippen molar-refractivity contribution in [2.24, 2.45) is 4.99 Å². The molecule has 0 aromatic heterocycles. The molecule has 0 aliphatic carbocycles. The molecule has 0 N–H and O–H groups in total. The van der Waals surface area contributed by atoms with Crippen molar-refractivity contribution >= 4 is 17.6 Å². The van der Waals surface area contributed by atoms with E-state index in [1.54, 1.807) is 0 Å². The van der Waals surface area contributed by atoms with Crippen LogP contribution in [0, 0.1) is 0 Å². The Bertz CT molecular complexity index is 843. The van der Waals surface area contributed by atoms with Crippen LogP contribution in [0.15, 0.2) is 83.9 Å². The molecule has 0 radical (unpaired) electrons. The van der Waals surface area contributed by atoms with Gasteiger partial charge in [0, 0.05) is 25.0 Å². The summed E-state index contributed by atoms with van der Waals surface area (Å²) in [6.45, 7) is 2.36. The van der Waals surface area contributed by atoms with Gasteiger partial charge < -0.3 is 4.90 Å². The number of piperidine rings is 1. The van der Waals surface area contributed by atoms with Crippen LogP contribution in [-0.4, -0.2) is 19.3 Å². The summed E-state index contributed by atoms with van der Waals surface area (Å²) in [6, 6.07) is 27.6. The summed E-state index contributed by atoms with van der Waals surface area (Å²) < 4.78 is 0. The molecule has 0 unspecified atom stereocenters. The zero-order valence-corrected chi connectivity index (χ0v) is 15.0. The summed E-state index contributed by atoms with van der Waals surface area (Å²) in [5, 5.41) is 0. The lowest BCUT2D eigenvalue weighted by Gasteiger charge is -2.28. The Labute approximate surface area is 155 Å². The quantitative estimate of drug-likeness (QED) is 0.524. The topological polar surface area (TPSA) is 15.6 Å². The van der Waals surface area contributed by atoms with Crippen molar-refractivity contribution < 1.29 is 0 Å². The lowest BCUT2D eigenvalue weighted by molar-refractivity contribution is 0.578. The molecule has 0 amide bonds. The maximum atomic E-state index is 4.61. The summed E-state index contributed by atoms with van der Waals surface area (Å²) in [4.78, 5) is 7.09.